The first-order valence-corrected chi connectivity index (χ1v) is 24.4. The van der Waals surface area contributed by atoms with E-state index in [2.05, 4.69) is 0 Å². The minimum absolute atomic E-state index is 0.0794. The summed E-state index contributed by atoms with van der Waals surface area (Å²) in [5.41, 5.74) is 5.46. The van der Waals surface area contributed by atoms with Crippen LogP contribution in [0.25, 0.3) is 0 Å². The summed E-state index contributed by atoms with van der Waals surface area (Å²) in [7, 11) is -12.1. The molecule has 6 aromatic rings. The van der Waals surface area contributed by atoms with Crippen LogP contribution >= 0.6 is 14.3 Å². The van der Waals surface area contributed by atoms with Gasteiger partial charge in [0, 0.05) is 52.0 Å². The number of carbonyl (C=O) groups is 2. The van der Waals surface area contributed by atoms with Gasteiger partial charge in [-0.2, -0.15) is 8.42 Å². The molecule has 0 amide bonds. The molecule has 6 rings (SSSR count). The molecule has 304 valence electrons. The summed E-state index contributed by atoms with van der Waals surface area (Å²) in [6.07, 6.45) is 0. The van der Waals surface area contributed by atoms with Crippen molar-refractivity contribution in [1.82, 2.24) is 4.90 Å². The third kappa shape index (κ3) is 8.82. The number of rotatable bonds is 15. The first-order chi connectivity index (χ1) is 28.0. The molecule has 0 heterocycles. The molecular weight excluding hydrogens is 797 g/mol. The Hall–Kier alpha value is -5.01. The average Bonchev–Trinajstić information content (AvgIpc) is 3.22. The van der Waals surface area contributed by atoms with Crippen LogP contribution in [0.15, 0.2) is 133 Å². The molecule has 0 bridgehead atoms. The van der Waals surface area contributed by atoms with Crippen LogP contribution in [0.2, 0.25) is 0 Å². The zero-order valence-electron chi connectivity index (χ0n) is 34.2. The Labute approximate surface area is 347 Å². The Balaban J connectivity index is 1.45. The van der Waals surface area contributed by atoms with Crippen molar-refractivity contribution < 1.29 is 31.7 Å². The van der Waals surface area contributed by atoms with Gasteiger partial charge in [-0.3, -0.25) is 19.0 Å². The lowest BCUT2D eigenvalue weighted by Gasteiger charge is -2.29. The molecule has 0 aliphatic rings. The molecule has 0 unspecified atom stereocenters. The number of benzene rings is 6. The maximum absolute atomic E-state index is 15.2. The fourth-order valence-electron chi connectivity index (χ4n) is 8.14. The smallest absolute Gasteiger partial charge is 0.266 e. The van der Waals surface area contributed by atoms with Crippen LogP contribution in [0, 0.1) is 41.5 Å². The second-order valence-electron chi connectivity index (χ2n) is 15.1. The summed E-state index contributed by atoms with van der Waals surface area (Å²) in [6.45, 7) is 11.4. The van der Waals surface area contributed by atoms with Gasteiger partial charge in [0.15, 0.2) is 0 Å². The van der Waals surface area contributed by atoms with Crippen molar-refractivity contribution in [3.8, 4) is 0 Å². The van der Waals surface area contributed by atoms with Crippen molar-refractivity contribution in [2.24, 2.45) is 0 Å². The van der Waals surface area contributed by atoms with Gasteiger partial charge in [-0.15, -0.1) is 0 Å². The molecule has 0 saturated carbocycles. The molecule has 0 aromatic heterocycles. The van der Waals surface area contributed by atoms with E-state index in [1.54, 1.807) is 97.1 Å². The van der Waals surface area contributed by atoms with Gasteiger partial charge < -0.3 is 9.13 Å². The zero-order valence-corrected chi connectivity index (χ0v) is 36.8. The van der Waals surface area contributed by atoms with Gasteiger partial charge in [-0.1, -0.05) is 133 Å². The molecular formula is C48H49NO7P2S. The highest BCUT2D eigenvalue weighted by Crippen LogP contribution is 2.50. The molecule has 11 heteroatoms. The van der Waals surface area contributed by atoms with E-state index in [4.69, 9.17) is 0 Å². The third-order valence-corrected chi connectivity index (χ3v) is 17.6. The zero-order chi connectivity index (χ0) is 42.7. The molecule has 0 aliphatic heterocycles. The number of aryl methyl sites for hydroxylation is 4. The third-order valence-electron chi connectivity index (χ3n) is 11.2. The van der Waals surface area contributed by atoms with Crippen molar-refractivity contribution in [2.75, 3.05) is 12.3 Å². The maximum atomic E-state index is 15.2. The van der Waals surface area contributed by atoms with Crippen LogP contribution in [0.1, 0.15) is 65.2 Å². The Morgan fingerprint density at radius 3 is 1.07 bits per heavy atom. The summed E-state index contributed by atoms with van der Waals surface area (Å²) in [4.78, 5) is 31.6. The predicted molar refractivity (Wildman–Crippen MR) is 240 cm³/mol. The molecule has 1 N–H and O–H groups in total. The molecule has 0 fully saturated rings. The van der Waals surface area contributed by atoms with Crippen LogP contribution < -0.4 is 21.2 Å². The van der Waals surface area contributed by atoms with Crippen molar-refractivity contribution >= 4 is 56.7 Å². The molecule has 0 radical (unpaired) electrons. The fraction of sp³-hybridized carbons (Fsp3) is 0.208. The molecule has 0 aliphatic carbocycles. The SMILES string of the molecule is Cc1cc(C)c(C(=O)P(=O)(c2ccccc2)c2ccccc2)c(C)c1CN(CCS(=O)(=O)O)Cc1c(C)cc(C)c(C(=O)P(=O)(c2ccccc2)c2ccccc2)c1C. The molecule has 8 nitrogen and oxygen atoms in total. The Morgan fingerprint density at radius 1 is 0.508 bits per heavy atom. The first kappa shape index (κ1) is 43.6. The standard InChI is InChI=1S/C48H49NO7P2S/c1-33-29-35(3)45(47(50)57(52,39-19-11-7-12-20-39)40-21-13-8-14-22-40)37(5)43(33)31-49(27-28-59(54,55)56)32-44-34(2)30-36(4)46(38(44)6)48(51)58(53,41-23-15-9-16-24-41)42-25-17-10-18-26-42/h7-26,29-30H,27-28,31-32H2,1-6H3,(H,54,55,56). The lowest BCUT2D eigenvalue weighted by molar-refractivity contribution is 0.106. The largest absolute Gasteiger partial charge is 0.305 e. The summed E-state index contributed by atoms with van der Waals surface area (Å²) >= 11 is 0. The maximum Gasteiger partial charge on any atom is 0.266 e. The monoisotopic (exact) mass is 845 g/mol. The van der Waals surface area contributed by atoms with Crippen molar-refractivity contribution in [2.45, 2.75) is 54.6 Å². The molecule has 0 spiro atoms. The van der Waals surface area contributed by atoms with Gasteiger partial charge in [0.2, 0.25) is 25.3 Å². The number of nitrogens with zero attached hydrogens (tertiary/aromatic N) is 1. The lowest BCUT2D eigenvalue weighted by atomic mass is 9.92. The van der Waals surface area contributed by atoms with E-state index >= 15 is 9.13 Å². The topological polar surface area (TPSA) is 126 Å². The van der Waals surface area contributed by atoms with E-state index in [0.717, 1.165) is 22.3 Å². The van der Waals surface area contributed by atoms with Crippen LogP contribution in [0.4, 0.5) is 0 Å². The predicted octanol–water partition coefficient (Wildman–Crippen LogP) is 8.74. The van der Waals surface area contributed by atoms with E-state index in [-0.39, 0.29) is 19.6 Å². The Kier molecular flexibility index (Phi) is 13.1. The molecule has 6 aromatic carbocycles. The van der Waals surface area contributed by atoms with E-state index in [1.165, 1.54) is 0 Å². The summed E-state index contributed by atoms with van der Waals surface area (Å²) in [6, 6.07) is 38.9. The quantitative estimate of drug-likeness (QED) is 0.0804. The van der Waals surface area contributed by atoms with E-state index in [0.29, 0.717) is 54.6 Å². The first-order valence-electron chi connectivity index (χ1n) is 19.4. The minimum Gasteiger partial charge on any atom is -0.305 e. The van der Waals surface area contributed by atoms with Crippen molar-refractivity contribution in [3.05, 3.63) is 189 Å². The number of carbonyl (C=O) groups excluding carboxylic acids is 2. The average molecular weight is 846 g/mol. The highest BCUT2D eigenvalue weighted by molar-refractivity contribution is 7.94. The van der Waals surface area contributed by atoms with Gasteiger partial charge in [0.25, 0.3) is 10.1 Å². The molecule has 59 heavy (non-hydrogen) atoms. The summed E-state index contributed by atoms with van der Waals surface area (Å²) < 4.78 is 64.8. The second-order valence-corrected chi connectivity index (χ2v) is 22.0. The van der Waals surface area contributed by atoms with Crippen LogP contribution in [0.3, 0.4) is 0 Å². The van der Waals surface area contributed by atoms with Gasteiger partial charge in [-0.05, 0) is 86.1 Å². The van der Waals surface area contributed by atoms with Crippen LogP contribution in [0.5, 0.6) is 0 Å². The van der Waals surface area contributed by atoms with E-state index in [9.17, 15) is 22.6 Å². The molecule has 0 saturated heterocycles. The van der Waals surface area contributed by atoms with E-state index in [1.807, 2.05) is 82.8 Å². The fourth-order valence-corrected chi connectivity index (χ4v) is 13.8. The van der Waals surface area contributed by atoms with Crippen molar-refractivity contribution in [1.29, 1.82) is 0 Å². The van der Waals surface area contributed by atoms with Gasteiger partial charge in [0.1, 0.15) is 0 Å². The van der Waals surface area contributed by atoms with Gasteiger partial charge in [-0.25, -0.2) is 0 Å². The highest BCUT2D eigenvalue weighted by Gasteiger charge is 2.40. The van der Waals surface area contributed by atoms with Crippen LogP contribution in [-0.4, -0.2) is 41.2 Å². The highest BCUT2D eigenvalue weighted by atomic mass is 32.2. The minimum atomic E-state index is -4.39. The summed E-state index contributed by atoms with van der Waals surface area (Å²) in [5, 5.41) is 1.69. The second kappa shape index (κ2) is 17.7. The number of hydrogen-bond donors (Lipinski definition) is 1. The Morgan fingerprint density at radius 2 is 0.797 bits per heavy atom. The van der Waals surface area contributed by atoms with Gasteiger partial charge in [0.05, 0.1) is 5.75 Å². The normalized spacial score (nSPS) is 12.1. The van der Waals surface area contributed by atoms with Crippen LogP contribution in [-0.2, 0) is 32.3 Å². The van der Waals surface area contributed by atoms with Crippen molar-refractivity contribution in [3.63, 3.8) is 0 Å². The summed E-state index contributed by atoms with van der Waals surface area (Å²) in [5.74, 6) is -0.563. The Bertz CT molecular complexity index is 2480. The lowest BCUT2D eigenvalue weighted by Crippen LogP contribution is -2.31. The van der Waals surface area contributed by atoms with Gasteiger partial charge >= 0.3 is 0 Å². The number of hydrogen-bond acceptors (Lipinski definition) is 7. The molecule has 0 atom stereocenters. The van der Waals surface area contributed by atoms with E-state index < -0.39 is 41.2 Å².